The standard InChI is InChI=1S/C9H8F2O2/c1-13-8(5-12)6-3-2-4-7(10)9(6)11/h2-5,8H,1H3/t8-/m1/s1. The molecule has 2 nitrogen and oxygen atoms in total. The molecule has 0 saturated heterocycles. The van der Waals surface area contributed by atoms with E-state index in [1.807, 2.05) is 0 Å². The Bertz CT molecular complexity index is 312. The van der Waals surface area contributed by atoms with Crippen molar-refractivity contribution in [2.24, 2.45) is 0 Å². The highest BCUT2D eigenvalue weighted by atomic mass is 19.2. The van der Waals surface area contributed by atoms with Gasteiger partial charge in [0.15, 0.2) is 17.9 Å². The fraction of sp³-hybridized carbons (Fsp3) is 0.222. The molecule has 0 aliphatic rings. The molecule has 0 spiro atoms. The van der Waals surface area contributed by atoms with Crippen molar-refractivity contribution in [1.29, 1.82) is 0 Å². The van der Waals surface area contributed by atoms with Crippen LogP contribution in [0.1, 0.15) is 11.7 Å². The number of ether oxygens (including phenoxy) is 1. The van der Waals surface area contributed by atoms with E-state index in [0.29, 0.717) is 6.29 Å². The summed E-state index contributed by atoms with van der Waals surface area (Å²) in [5.74, 6) is -2.03. The molecule has 0 aliphatic heterocycles. The first-order chi connectivity index (χ1) is 6.20. The molecular formula is C9H8F2O2. The van der Waals surface area contributed by atoms with Gasteiger partial charge in [0.1, 0.15) is 6.10 Å². The van der Waals surface area contributed by atoms with Crippen LogP contribution in [0.4, 0.5) is 8.78 Å². The second kappa shape index (κ2) is 4.09. The Labute approximate surface area is 74.1 Å². The predicted molar refractivity (Wildman–Crippen MR) is 42.2 cm³/mol. The summed E-state index contributed by atoms with van der Waals surface area (Å²) in [5.41, 5.74) is -0.0856. The molecule has 1 rings (SSSR count). The molecule has 0 fully saturated rings. The van der Waals surface area contributed by atoms with Crippen LogP contribution in [0, 0.1) is 11.6 Å². The van der Waals surface area contributed by atoms with Gasteiger partial charge < -0.3 is 9.53 Å². The minimum Gasteiger partial charge on any atom is -0.369 e. The smallest absolute Gasteiger partial charge is 0.165 e. The second-order valence-electron chi connectivity index (χ2n) is 2.44. The van der Waals surface area contributed by atoms with E-state index in [9.17, 15) is 13.6 Å². The number of benzene rings is 1. The van der Waals surface area contributed by atoms with Crippen molar-refractivity contribution < 1.29 is 18.3 Å². The van der Waals surface area contributed by atoms with Crippen molar-refractivity contribution >= 4 is 6.29 Å². The van der Waals surface area contributed by atoms with E-state index in [-0.39, 0.29) is 5.56 Å². The Morgan fingerprint density at radius 3 is 2.69 bits per heavy atom. The number of methoxy groups -OCH3 is 1. The molecule has 0 saturated carbocycles. The van der Waals surface area contributed by atoms with E-state index in [1.54, 1.807) is 0 Å². The zero-order chi connectivity index (χ0) is 9.84. The van der Waals surface area contributed by atoms with Gasteiger partial charge >= 0.3 is 0 Å². The summed E-state index contributed by atoms with van der Waals surface area (Å²) in [6, 6.07) is 3.61. The maximum atomic E-state index is 13.0. The first-order valence-corrected chi connectivity index (χ1v) is 3.62. The van der Waals surface area contributed by atoms with Crippen molar-refractivity contribution in [1.82, 2.24) is 0 Å². The lowest BCUT2D eigenvalue weighted by molar-refractivity contribution is -0.116. The summed E-state index contributed by atoms with van der Waals surface area (Å²) in [7, 11) is 1.25. The zero-order valence-corrected chi connectivity index (χ0v) is 6.96. The maximum absolute atomic E-state index is 13.0. The van der Waals surface area contributed by atoms with Crippen LogP contribution in [0.5, 0.6) is 0 Å². The van der Waals surface area contributed by atoms with E-state index in [1.165, 1.54) is 19.2 Å². The number of aldehydes is 1. The van der Waals surface area contributed by atoms with Gasteiger partial charge in [-0.25, -0.2) is 8.78 Å². The summed E-state index contributed by atoms with van der Waals surface area (Å²) >= 11 is 0. The molecule has 0 radical (unpaired) electrons. The molecular weight excluding hydrogens is 178 g/mol. The van der Waals surface area contributed by atoms with Gasteiger partial charge in [0, 0.05) is 12.7 Å². The number of halogens is 2. The molecule has 1 aromatic rings. The lowest BCUT2D eigenvalue weighted by Crippen LogP contribution is -2.06. The summed E-state index contributed by atoms with van der Waals surface area (Å²) in [6.07, 6.45) is -0.631. The minimum atomic E-state index is -1.05. The Morgan fingerprint density at radius 1 is 1.46 bits per heavy atom. The van der Waals surface area contributed by atoms with Gasteiger partial charge in [-0.05, 0) is 6.07 Å². The SMILES string of the molecule is CO[C@H](C=O)c1cccc(F)c1F. The summed E-state index contributed by atoms with van der Waals surface area (Å²) in [5, 5.41) is 0. The van der Waals surface area contributed by atoms with Crippen molar-refractivity contribution in [3.63, 3.8) is 0 Å². The van der Waals surface area contributed by atoms with Gasteiger partial charge in [0.25, 0.3) is 0 Å². The minimum absolute atomic E-state index is 0.0856. The average molecular weight is 186 g/mol. The Hall–Kier alpha value is -1.29. The van der Waals surface area contributed by atoms with Gasteiger partial charge in [-0.3, -0.25) is 0 Å². The fourth-order valence-corrected chi connectivity index (χ4v) is 0.996. The monoisotopic (exact) mass is 186 g/mol. The van der Waals surface area contributed by atoms with Gasteiger partial charge in [-0.2, -0.15) is 0 Å². The van der Waals surface area contributed by atoms with Gasteiger partial charge in [-0.1, -0.05) is 12.1 Å². The maximum Gasteiger partial charge on any atom is 0.165 e. The molecule has 0 aliphatic carbocycles. The van der Waals surface area contributed by atoms with Crippen molar-refractivity contribution in [3.8, 4) is 0 Å². The van der Waals surface area contributed by atoms with E-state index < -0.39 is 17.7 Å². The molecule has 70 valence electrons. The molecule has 1 atom stereocenters. The molecule has 0 aromatic heterocycles. The van der Waals surface area contributed by atoms with E-state index in [4.69, 9.17) is 0 Å². The summed E-state index contributed by atoms with van der Waals surface area (Å²) in [6.45, 7) is 0. The quantitative estimate of drug-likeness (QED) is 0.673. The highest BCUT2D eigenvalue weighted by Crippen LogP contribution is 2.19. The predicted octanol–water partition coefficient (Wildman–Crippen LogP) is 1.85. The van der Waals surface area contributed by atoms with Crippen LogP contribution >= 0.6 is 0 Å². The first-order valence-electron chi connectivity index (χ1n) is 3.62. The molecule has 1 aromatic carbocycles. The number of carbonyl (C=O) groups is 1. The number of carbonyl (C=O) groups excluding carboxylic acids is 1. The van der Waals surface area contributed by atoms with Crippen LogP contribution in [0.25, 0.3) is 0 Å². The van der Waals surface area contributed by atoms with Crippen molar-refractivity contribution in [2.75, 3.05) is 7.11 Å². The highest BCUT2D eigenvalue weighted by molar-refractivity contribution is 5.60. The van der Waals surface area contributed by atoms with Crippen LogP contribution in [0.2, 0.25) is 0 Å². The zero-order valence-electron chi connectivity index (χ0n) is 6.96. The molecule has 0 bridgehead atoms. The van der Waals surface area contributed by atoms with Gasteiger partial charge in [0.05, 0.1) is 0 Å². The van der Waals surface area contributed by atoms with Crippen LogP contribution in [-0.4, -0.2) is 13.4 Å². The second-order valence-corrected chi connectivity index (χ2v) is 2.44. The summed E-state index contributed by atoms with van der Waals surface area (Å²) in [4.78, 5) is 10.4. The molecule has 0 N–H and O–H groups in total. The third kappa shape index (κ3) is 1.89. The fourth-order valence-electron chi connectivity index (χ4n) is 0.996. The Morgan fingerprint density at radius 2 is 2.15 bits per heavy atom. The largest absolute Gasteiger partial charge is 0.369 e. The number of rotatable bonds is 3. The first kappa shape index (κ1) is 9.80. The van der Waals surface area contributed by atoms with E-state index in [0.717, 1.165) is 6.07 Å². The Balaban J connectivity index is 3.13. The van der Waals surface area contributed by atoms with Crippen LogP contribution in [0.15, 0.2) is 18.2 Å². The lowest BCUT2D eigenvalue weighted by atomic mass is 10.1. The third-order valence-corrected chi connectivity index (χ3v) is 1.67. The molecule has 0 unspecified atom stereocenters. The lowest BCUT2D eigenvalue weighted by Gasteiger charge is -2.09. The molecule has 0 heterocycles. The van der Waals surface area contributed by atoms with Crippen molar-refractivity contribution in [2.45, 2.75) is 6.10 Å². The molecule has 0 amide bonds. The number of hydrogen-bond acceptors (Lipinski definition) is 2. The van der Waals surface area contributed by atoms with E-state index >= 15 is 0 Å². The molecule has 13 heavy (non-hydrogen) atoms. The molecule has 4 heteroatoms. The van der Waals surface area contributed by atoms with Crippen molar-refractivity contribution in [3.05, 3.63) is 35.4 Å². The highest BCUT2D eigenvalue weighted by Gasteiger charge is 2.16. The number of hydrogen-bond donors (Lipinski definition) is 0. The van der Waals surface area contributed by atoms with Gasteiger partial charge in [-0.15, -0.1) is 0 Å². The van der Waals surface area contributed by atoms with Crippen LogP contribution < -0.4 is 0 Å². The normalized spacial score (nSPS) is 12.5. The topological polar surface area (TPSA) is 26.3 Å². The van der Waals surface area contributed by atoms with Crippen LogP contribution in [0.3, 0.4) is 0 Å². The Kier molecular flexibility index (Phi) is 3.08. The average Bonchev–Trinajstić information content (AvgIpc) is 2.14. The van der Waals surface area contributed by atoms with Gasteiger partial charge in [0.2, 0.25) is 0 Å². The third-order valence-electron chi connectivity index (χ3n) is 1.67. The van der Waals surface area contributed by atoms with Crippen LogP contribution in [-0.2, 0) is 9.53 Å². The summed E-state index contributed by atoms with van der Waals surface area (Å²) < 4.78 is 30.3. The van der Waals surface area contributed by atoms with E-state index in [2.05, 4.69) is 4.74 Å².